The van der Waals surface area contributed by atoms with Crippen molar-refractivity contribution < 1.29 is 33.4 Å². The Bertz CT molecular complexity index is 1630. The van der Waals surface area contributed by atoms with Crippen molar-refractivity contribution in [3.8, 4) is 0 Å². The van der Waals surface area contributed by atoms with Crippen LogP contribution >= 0.6 is 11.6 Å². The molecule has 0 aliphatic rings. The van der Waals surface area contributed by atoms with E-state index in [0.29, 0.717) is 5.56 Å². The normalized spacial score (nSPS) is 11.2. The Kier molecular flexibility index (Phi) is 11.8. The summed E-state index contributed by atoms with van der Waals surface area (Å²) in [5.74, 6) is -2.50. The van der Waals surface area contributed by atoms with Crippen LogP contribution in [0, 0.1) is 0 Å². The number of Topliss-reactive ketones (excluding diaryl/α,β-unsaturated/α-hetero) is 1. The van der Waals surface area contributed by atoms with Gasteiger partial charge in [0.1, 0.15) is 11.2 Å². The second-order valence-corrected chi connectivity index (χ2v) is 12.6. The number of nitrogens with zero attached hydrogens (tertiary/aromatic N) is 1. The molecule has 4 amide bonds. The number of carbonyl (C=O) groups is 5. The third-order valence-corrected chi connectivity index (χ3v) is 6.06. The molecule has 3 aromatic rings. The van der Waals surface area contributed by atoms with Gasteiger partial charge in [0, 0.05) is 23.7 Å². The van der Waals surface area contributed by atoms with Crippen LogP contribution in [0.25, 0.3) is 10.8 Å². The molecule has 0 atom stereocenters. The van der Waals surface area contributed by atoms with Gasteiger partial charge in [-0.2, -0.15) is 0 Å². The molecule has 3 rings (SSSR count). The van der Waals surface area contributed by atoms with Crippen LogP contribution in [-0.2, 0) is 14.3 Å². The Balaban J connectivity index is 1.62. The Hall–Kier alpha value is -4.97. The average Bonchev–Trinajstić information content (AvgIpc) is 2.95. The maximum Gasteiger partial charge on any atom is 0.414 e. The average molecular weight is 652 g/mol. The molecule has 0 heterocycles. The quantitative estimate of drug-likeness (QED) is 0.0781. The molecule has 0 radical (unpaired) electrons. The summed E-state index contributed by atoms with van der Waals surface area (Å²) in [5, 5.41) is 12.0. The molecule has 0 saturated heterocycles. The lowest BCUT2D eigenvalue weighted by molar-refractivity contribution is -0.117. The van der Waals surface area contributed by atoms with E-state index < -0.39 is 41.0 Å². The smallest absolute Gasteiger partial charge is 0.414 e. The number of fused-ring (bicyclic) bond motifs is 1. The van der Waals surface area contributed by atoms with E-state index in [2.05, 4.69) is 26.3 Å². The maximum absolute atomic E-state index is 13.1. The summed E-state index contributed by atoms with van der Waals surface area (Å²) in [6.45, 7) is 10.2. The molecule has 0 unspecified atom stereocenters. The fourth-order valence-electron chi connectivity index (χ4n) is 3.92. The Morgan fingerprint density at radius 1 is 0.783 bits per heavy atom. The van der Waals surface area contributed by atoms with Crippen molar-refractivity contribution in [2.24, 2.45) is 4.99 Å². The molecule has 0 aromatic heterocycles. The number of hydrogen-bond acceptors (Lipinski definition) is 8. The minimum atomic E-state index is -0.925. The predicted molar refractivity (Wildman–Crippen MR) is 176 cm³/mol. The summed E-state index contributed by atoms with van der Waals surface area (Å²) in [7, 11) is 0. The van der Waals surface area contributed by atoms with Crippen LogP contribution in [0.3, 0.4) is 0 Å². The largest absolute Gasteiger partial charge is 0.444 e. The monoisotopic (exact) mass is 651 g/mol. The van der Waals surface area contributed by atoms with Gasteiger partial charge in [0.2, 0.25) is 5.96 Å². The van der Waals surface area contributed by atoms with E-state index in [-0.39, 0.29) is 41.7 Å². The molecule has 0 spiro atoms. The van der Waals surface area contributed by atoms with Crippen molar-refractivity contribution in [2.45, 2.75) is 59.2 Å². The van der Waals surface area contributed by atoms with Crippen LogP contribution in [0.2, 0.25) is 5.02 Å². The van der Waals surface area contributed by atoms with Gasteiger partial charge in [-0.05, 0) is 89.1 Å². The second-order valence-electron chi connectivity index (χ2n) is 12.1. The van der Waals surface area contributed by atoms with Crippen LogP contribution in [0.5, 0.6) is 0 Å². The van der Waals surface area contributed by atoms with Crippen molar-refractivity contribution in [1.29, 1.82) is 0 Å². The van der Waals surface area contributed by atoms with Gasteiger partial charge in [-0.1, -0.05) is 41.9 Å². The summed E-state index contributed by atoms with van der Waals surface area (Å²) in [6, 6.07) is 17.1. The number of halogens is 1. The van der Waals surface area contributed by atoms with Crippen molar-refractivity contribution in [1.82, 2.24) is 16.0 Å². The van der Waals surface area contributed by atoms with E-state index in [1.807, 2.05) is 30.3 Å². The topological polar surface area (TPSA) is 164 Å². The van der Waals surface area contributed by atoms with Crippen LogP contribution in [0.4, 0.5) is 15.3 Å². The van der Waals surface area contributed by atoms with E-state index in [9.17, 15) is 24.0 Å². The molecular formula is C33H38ClN5O7. The molecule has 0 aliphatic heterocycles. The first kappa shape index (κ1) is 35.5. The number of carbonyl (C=O) groups excluding carboxylic acids is 5. The molecule has 12 nitrogen and oxygen atoms in total. The second kappa shape index (κ2) is 15.3. The minimum Gasteiger partial charge on any atom is -0.444 e. The summed E-state index contributed by atoms with van der Waals surface area (Å²) in [6.07, 6.45) is -1.45. The van der Waals surface area contributed by atoms with Gasteiger partial charge >= 0.3 is 12.2 Å². The number of ether oxygens (including phenoxy) is 2. The highest BCUT2D eigenvalue weighted by Gasteiger charge is 2.23. The highest BCUT2D eigenvalue weighted by Crippen LogP contribution is 2.23. The van der Waals surface area contributed by atoms with E-state index in [1.54, 1.807) is 53.7 Å². The molecule has 0 saturated carbocycles. The maximum atomic E-state index is 13.1. The lowest BCUT2D eigenvalue weighted by Gasteiger charge is -2.22. The summed E-state index contributed by atoms with van der Waals surface area (Å²) >= 11 is 6.11. The van der Waals surface area contributed by atoms with Crippen LogP contribution < -0.4 is 21.3 Å². The van der Waals surface area contributed by atoms with E-state index in [1.165, 1.54) is 18.2 Å². The van der Waals surface area contributed by atoms with Crippen LogP contribution in [0.15, 0.2) is 65.7 Å². The number of benzene rings is 3. The SMILES string of the molecule is CC(C)(C)OC(=O)NC(=NCCCNC(=O)C(=O)c1cc(Cl)ccc1NC(=O)c1ccc2ccccc2c1)NC(=O)OC(C)(C)C. The fourth-order valence-corrected chi connectivity index (χ4v) is 4.10. The number of anilines is 1. The predicted octanol–water partition coefficient (Wildman–Crippen LogP) is 5.84. The number of hydrogen-bond donors (Lipinski definition) is 4. The Morgan fingerprint density at radius 3 is 2.00 bits per heavy atom. The molecule has 0 fully saturated rings. The number of ketones is 1. The third-order valence-electron chi connectivity index (χ3n) is 5.82. The highest BCUT2D eigenvalue weighted by molar-refractivity contribution is 6.44. The van der Waals surface area contributed by atoms with Crippen molar-refractivity contribution >= 4 is 63.8 Å². The summed E-state index contributed by atoms with van der Waals surface area (Å²) in [5.41, 5.74) is -1.17. The number of alkyl carbamates (subject to hydrolysis) is 2. The summed E-state index contributed by atoms with van der Waals surface area (Å²) < 4.78 is 10.4. The molecule has 13 heteroatoms. The zero-order valence-electron chi connectivity index (χ0n) is 26.6. The Morgan fingerprint density at radius 2 is 1.39 bits per heavy atom. The molecular weight excluding hydrogens is 614 g/mol. The van der Waals surface area contributed by atoms with Gasteiger partial charge in [0.05, 0.1) is 11.3 Å². The molecule has 244 valence electrons. The fraction of sp³-hybridized carbons (Fsp3) is 0.333. The van der Waals surface area contributed by atoms with Crippen molar-refractivity contribution in [3.63, 3.8) is 0 Å². The van der Waals surface area contributed by atoms with Gasteiger partial charge in [-0.25, -0.2) is 9.59 Å². The van der Waals surface area contributed by atoms with Gasteiger partial charge in [-0.15, -0.1) is 0 Å². The number of aliphatic imine (C=N–C) groups is 1. The van der Waals surface area contributed by atoms with Gasteiger partial charge < -0.3 is 20.1 Å². The lowest BCUT2D eigenvalue weighted by Crippen LogP contribution is -2.47. The number of guanidine groups is 1. The first-order valence-electron chi connectivity index (χ1n) is 14.5. The Labute approximate surface area is 272 Å². The zero-order chi connectivity index (χ0) is 34.1. The number of nitrogens with one attached hydrogen (secondary N) is 4. The third kappa shape index (κ3) is 11.5. The standard InChI is InChI=1S/C33H38ClN5O7/c1-32(2,3)45-30(43)38-29(39-31(44)46-33(4,5)6)36-17-9-16-35-28(42)26(40)24-19-23(34)14-15-25(24)37-27(41)22-13-12-20-10-7-8-11-21(20)18-22/h7-8,10-15,18-19H,9,16-17H2,1-6H3,(H,35,42)(H,37,41)(H2,36,38,39,43,44). The highest BCUT2D eigenvalue weighted by atomic mass is 35.5. The van der Waals surface area contributed by atoms with E-state index >= 15 is 0 Å². The molecule has 0 aliphatic carbocycles. The van der Waals surface area contributed by atoms with E-state index in [0.717, 1.165) is 10.8 Å². The summed E-state index contributed by atoms with van der Waals surface area (Å²) in [4.78, 5) is 67.5. The molecule has 4 N–H and O–H groups in total. The lowest BCUT2D eigenvalue weighted by atomic mass is 10.1. The molecule has 46 heavy (non-hydrogen) atoms. The van der Waals surface area contributed by atoms with Crippen molar-refractivity contribution in [2.75, 3.05) is 18.4 Å². The van der Waals surface area contributed by atoms with Gasteiger partial charge in [0.15, 0.2) is 0 Å². The van der Waals surface area contributed by atoms with Crippen molar-refractivity contribution in [3.05, 3.63) is 76.8 Å². The van der Waals surface area contributed by atoms with Gasteiger partial charge in [-0.3, -0.25) is 30.0 Å². The zero-order valence-corrected chi connectivity index (χ0v) is 27.3. The van der Waals surface area contributed by atoms with Crippen LogP contribution in [0.1, 0.15) is 68.7 Å². The molecule has 0 bridgehead atoms. The molecule has 3 aromatic carbocycles. The van der Waals surface area contributed by atoms with Gasteiger partial charge in [0.25, 0.3) is 17.6 Å². The van der Waals surface area contributed by atoms with Crippen LogP contribution in [-0.4, -0.2) is 60.0 Å². The number of amides is 4. The first-order valence-corrected chi connectivity index (χ1v) is 14.9. The first-order chi connectivity index (χ1) is 21.5. The number of rotatable bonds is 8. The minimum absolute atomic E-state index is 0.0274. The van der Waals surface area contributed by atoms with E-state index in [4.69, 9.17) is 21.1 Å².